The predicted molar refractivity (Wildman–Crippen MR) is 102 cm³/mol. The van der Waals surface area contributed by atoms with E-state index in [0.717, 1.165) is 4.68 Å². The van der Waals surface area contributed by atoms with Crippen molar-refractivity contribution in [1.29, 1.82) is 0 Å². The van der Waals surface area contributed by atoms with Gasteiger partial charge in [0, 0.05) is 6.07 Å². The minimum Gasteiger partial charge on any atom is -0.495 e. The zero-order valence-corrected chi connectivity index (χ0v) is 15.6. The zero-order valence-electron chi connectivity index (χ0n) is 14.9. The monoisotopic (exact) mass is 388 g/mol. The summed E-state index contributed by atoms with van der Waals surface area (Å²) in [6, 6.07) is 8.98. The Bertz CT molecular complexity index is 1070. The van der Waals surface area contributed by atoms with Crippen molar-refractivity contribution in [1.82, 2.24) is 15.0 Å². The number of methoxy groups -OCH3 is 2. The molecule has 1 amide bonds. The van der Waals surface area contributed by atoms with Crippen molar-refractivity contribution in [3.05, 3.63) is 51.8 Å². The Morgan fingerprint density at radius 1 is 1.19 bits per heavy atom. The second kappa shape index (κ2) is 7.63. The summed E-state index contributed by atoms with van der Waals surface area (Å²) in [5, 5.41) is 11.3. The van der Waals surface area contributed by atoms with Crippen LogP contribution in [0, 0.1) is 0 Å². The van der Waals surface area contributed by atoms with E-state index >= 15 is 0 Å². The number of aromatic nitrogens is 3. The van der Waals surface area contributed by atoms with Gasteiger partial charge in [0.15, 0.2) is 0 Å². The zero-order chi connectivity index (χ0) is 19.6. The average molecular weight is 389 g/mol. The van der Waals surface area contributed by atoms with Gasteiger partial charge in [-0.1, -0.05) is 28.9 Å². The van der Waals surface area contributed by atoms with E-state index in [-0.39, 0.29) is 0 Å². The summed E-state index contributed by atoms with van der Waals surface area (Å²) in [5.74, 6) is 0.311. The number of halogens is 1. The number of rotatable bonds is 5. The summed E-state index contributed by atoms with van der Waals surface area (Å²) in [6.07, 6.45) is 0. The van der Waals surface area contributed by atoms with Crippen molar-refractivity contribution >= 4 is 34.1 Å². The lowest BCUT2D eigenvalue weighted by Gasteiger charge is -2.16. The van der Waals surface area contributed by atoms with E-state index in [9.17, 15) is 9.59 Å². The minimum atomic E-state index is -0.903. The Labute approximate surface area is 159 Å². The van der Waals surface area contributed by atoms with Gasteiger partial charge in [-0.2, -0.15) is 4.68 Å². The largest absolute Gasteiger partial charge is 0.495 e. The maximum Gasteiger partial charge on any atom is 0.278 e. The maximum atomic E-state index is 12.7. The van der Waals surface area contributed by atoms with Crippen molar-refractivity contribution in [2.45, 2.75) is 13.0 Å². The third kappa shape index (κ3) is 3.56. The molecule has 0 aliphatic heterocycles. The molecule has 0 radical (unpaired) electrons. The van der Waals surface area contributed by atoms with Crippen molar-refractivity contribution in [3.8, 4) is 11.5 Å². The van der Waals surface area contributed by atoms with Crippen LogP contribution in [0.4, 0.5) is 5.69 Å². The van der Waals surface area contributed by atoms with Gasteiger partial charge in [0.2, 0.25) is 5.91 Å². The molecule has 0 saturated heterocycles. The van der Waals surface area contributed by atoms with Gasteiger partial charge in [0.05, 0.1) is 30.3 Å². The van der Waals surface area contributed by atoms with E-state index in [0.29, 0.717) is 33.1 Å². The minimum absolute atomic E-state index is 0.309. The normalized spacial score (nSPS) is 11.9. The molecule has 2 aromatic carbocycles. The molecule has 1 N–H and O–H groups in total. The first kappa shape index (κ1) is 18.7. The lowest BCUT2D eigenvalue weighted by atomic mass is 10.2. The molecule has 0 bridgehead atoms. The SMILES string of the molecule is COc1cc(OC)c(NC(=O)[C@H](C)n2nnc3ccccc3c2=O)cc1Cl. The number of benzene rings is 2. The molecular formula is C18H17ClN4O4. The summed E-state index contributed by atoms with van der Waals surface area (Å²) in [5.41, 5.74) is 0.417. The molecule has 8 nitrogen and oxygen atoms in total. The topological polar surface area (TPSA) is 95.3 Å². The van der Waals surface area contributed by atoms with Crippen molar-refractivity contribution in [3.63, 3.8) is 0 Å². The van der Waals surface area contributed by atoms with Crippen LogP contribution in [-0.4, -0.2) is 35.1 Å². The molecule has 0 fully saturated rings. The van der Waals surface area contributed by atoms with Crippen LogP contribution in [0.15, 0.2) is 41.2 Å². The van der Waals surface area contributed by atoms with E-state index in [1.165, 1.54) is 20.3 Å². The molecule has 0 saturated carbocycles. The fraction of sp³-hybridized carbons (Fsp3) is 0.222. The average Bonchev–Trinajstić information content (AvgIpc) is 2.68. The van der Waals surface area contributed by atoms with E-state index in [4.69, 9.17) is 21.1 Å². The number of nitrogens with zero attached hydrogens (tertiary/aromatic N) is 3. The molecule has 0 aliphatic carbocycles. The highest BCUT2D eigenvalue weighted by molar-refractivity contribution is 6.32. The Morgan fingerprint density at radius 2 is 1.89 bits per heavy atom. The second-order valence-electron chi connectivity index (χ2n) is 5.71. The molecule has 1 heterocycles. The highest BCUT2D eigenvalue weighted by Crippen LogP contribution is 2.36. The molecule has 140 valence electrons. The van der Waals surface area contributed by atoms with Crippen LogP contribution in [0.5, 0.6) is 11.5 Å². The van der Waals surface area contributed by atoms with Gasteiger partial charge in [-0.15, -0.1) is 5.10 Å². The Kier molecular flexibility index (Phi) is 5.27. The van der Waals surface area contributed by atoms with Crippen LogP contribution in [0.3, 0.4) is 0 Å². The maximum absolute atomic E-state index is 12.7. The molecule has 1 aromatic heterocycles. The number of fused-ring (bicyclic) bond motifs is 1. The van der Waals surface area contributed by atoms with E-state index < -0.39 is 17.5 Å². The molecular weight excluding hydrogens is 372 g/mol. The first-order chi connectivity index (χ1) is 13.0. The smallest absolute Gasteiger partial charge is 0.278 e. The lowest BCUT2D eigenvalue weighted by Crippen LogP contribution is -2.34. The summed E-state index contributed by atoms with van der Waals surface area (Å²) >= 11 is 6.12. The number of hydrogen-bond acceptors (Lipinski definition) is 6. The molecule has 0 aliphatic rings. The van der Waals surface area contributed by atoms with Gasteiger partial charge in [0.1, 0.15) is 23.1 Å². The van der Waals surface area contributed by atoms with Gasteiger partial charge < -0.3 is 14.8 Å². The predicted octanol–water partition coefficient (Wildman–Crippen LogP) is 2.66. The van der Waals surface area contributed by atoms with Crippen LogP contribution in [-0.2, 0) is 4.79 Å². The first-order valence-electron chi connectivity index (χ1n) is 8.03. The van der Waals surface area contributed by atoms with Crippen LogP contribution in [0.1, 0.15) is 13.0 Å². The Hall–Kier alpha value is -3.13. The Balaban J connectivity index is 1.92. The number of nitrogens with one attached hydrogen (secondary N) is 1. The summed E-state index contributed by atoms with van der Waals surface area (Å²) < 4.78 is 11.4. The van der Waals surface area contributed by atoms with E-state index in [2.05, 4.69) is 15.6 Å². The van der Waals surface area contributed by atoms with E-state index in [1.807, 2.05) is 0 Å². The number of anilines is 1. The third-order valence-electron chi connectivity index (χ3n) is 4.07. The summed E-state index contributed by atoms with van der Waals surface area (Å²) in [7, 11) is 2.94. The van der Waals surface area contributed by atoms with Crippen molar-refractivity contribution in [2.24, 2.45) is 0 Å². The van der Waals surface area contributed by atoms with Crippen LogP contribution >= 0.6 is 11.6 Å². The molecule has 27 heavy (non-hydrogen) atoms. The Morgan fingerprint density at radius 3 is 2.59 bits per heavy atom. The molecule has 1 atom stereocenters. The third-order valence-corrected chi connectivity index (χ3v) is 4.36. The van der Waals surface area contributed by atoms with Crippen molar-refractivity contribution in [2.75, 3.05) is 19.5 Å². The standard InChI is InChI=1S/C18H17ClN4O4/c1-10(23-18(25)11-6-4-5-7-13(11)21-22-23)17(24)20-14-8-12(19)15(26-2)9-16(14)27-3/h4-10H,1-3H3,(H,20,24)/t10-/m0/s1. The quantitative estimate of drug-likeness (QED) is 0.722. The van der Waals surface area contributed by atoms with Gasteiger partial charge in [0.25, 0.3) is 5.56 Å². The number of carbonyl (C=O) groups excluding carboxylic acids is 1. The lowest BCUT2D eigenvalue weighted by molar-refractivity contribution is -0.119. The highest BCUT2D eigenvalue weighted by atomic mass is 35.5. The molecule has 9 heteroatoms. The second-order valence-corrected chi connectivity index (χ2v) is 6.12. The number of carbonyl (C=O) groups is 1. The fourth-order valence-electron chi connectivity index (χ4n) is 2.56. The van der Waals surface area contributed by atoms with Gasteiger partial charge in [-0.3, -0.25) is 9.59 Å². The van der Waals surface area contributed by atoms with Crippen LogP contribution in [0.2, 0.25) is 5.02 Å². The van der Waals surface area contributed by atoms with Crippen LogP contribution in [0.25, 0.3) is 10.9 Å². The first-order valence-corrected chi connectivity index (χ1v) is 8.40. The molecule has 0 spiro atoms. The van der Waals surface area contributed by atoms with Gasteiger partial charge in [-0.05, 0) is 25.1 Å². The molecule has 0 unspecified atom stereocenters. The van der Waals surface area contributed by atoms with Crippen molar-refractivity contribution < 1.29 is 14.3 Å². The fourth-order valence-corrected chi connectivity index (χ4v) is 2.80. The van der Waals surface area contributed by atoms with Gasteiger partial charge in [-0.25, -0.2) is 0 Å². The highest BCUT2D eigenvalue weighted by Gasteiger charge is 2.21. The van der Waals surface area contributed by atoms with Gasteiger partial charge >= 0.3 is 0 Å². The number of amides is 1. The summed E-state index contributed by atoms with van der Waals surface area (Å²) in [4.78, 5) is 25.3. The van der Waals surface area contributed by atoms with E-state index in [1.54, 1.807) is 37.3 Å². The van der Waals surface area contributed by atoms with Crippen LogP contribution < -0.4 is 20.3 Å². The number of hydrogen-bond donors (Lipinski definition) is 1. The summed E-state index contributed by atoms with van der Waals surface area (Å²) in [6.45, 7) is 1.55. The number of ether oxygens (including phenoxy) is 2. The molecule has 3 aromatic rings. The molecule has 3 rings (SSSR count).